The van der Waals surface area contributed by atoms with Crippen LogP contribution in [0.15, 0.2) is 18.3 Å². The Labute approximate surface area is 104 Å². The Bertz CT molecular complexity index is 385. The number of hydrogen-bond donors (Lipinski definition) is 1. The molecule has 0 radical (unpaired) electrons. The van der Waals surface area contributed by atoms with E-state index in [9.17, 15) is 4.79 Å². The lowest BCUT2D eigenvalue weighted by Crippen LogP contribution is -2.30. The monoisotopic (exact) mass is 282 g/mol. The van der Waals surface area contributed by atoms with Crippen LogP contribution in [-0.2, 0) is 0 Å². The minimum atomic E-state index is -0.0280. The van der Waals surface area contributed by atoms with E-state index in [2.05, 4.69) is 26.2 Å². The second-order valence-corrected chi connectivity index (χ2v) is 5.07. The van der Waals surface area contributed by atoms with Crippen molar-refractivity contribution in [1.29, 1.82) is 0 Å². The van der Waals surface area contributed by atoms with Crippen molar-refractivity contribution in [3.05, 3.63) is 29.6 Å². The molecule has 3 nitrogen and oxygen atoms in total. The van der Waals surface area contributed by atoms with Crippen LogP contribution in [0.3, 0.4) is 0 Å². The van der Waals surface area contributed by atoms with Gasteiger partial charge in [0.25, 0.3) is 5.91 Å². The number of nitrogens with zero attached hydrogens (tertiary/aromatic N) is 1. The minimum Gasteiger partial charge on any atom is -0.351 e. The molecule has 1 saturated carbocycles. The van der Waals surface area contributed by atoms with Gasteiger partial charge in [-0.15, -0.1) is 0 Å². The van der Waals surface area contributed by atoms with E-state index in [1.165, 1.54) is 12.8 Å². The molecule has 16 heavy (non-hydrogen) atoms. The second kappa shape index (κ2) is 4.53. The van der Waals surface area contributed by atoms with Gasteiger partial charge in [-0.3, -0.25) is 9.78 Å². The quantitative estimate of drug-likeness (QED) is 0.861. The first kappa shape index (κ1) is 11.6. The normalized spacial score (nSPS) is 16.9. The lowest BCUT2D eigenvalue weighted by atomic mass is 10.1. The molecule has 0 spiro atoms. The maximum absolute atomic E-state index is 11.8. The molecule has 1 N–H and O–H groups in total. The number of carbonyl (C=O) groups excluding carboxylic acids is 1. The number of aryl methyl sites for hydroxylation is 1. The van der Waals surface area contributed by atoms with Crippen LogP contribution in [-0.4, -0.2) is 22.8 Å². The molecule has 2 rings (SSSR count). The van der Waals surface area contributed by atoms with Crippen LogP contribution < -0.4 is 5.32 Å². The number of amides is 1. The van der Waals surface area contributed by atoms with Crippen molar-refractivity contribution in [3.8, 4) is 0 Å². The first-order valence-electron chi connectivity index (χ1n) is 5.42. The lowest BCUT2D eigenvalue weighted by molar-refractivity contribution is 0.0946. The Morgan fingerprint density at radius 3 is 2.81 bits per heavy atom. The summed E-state index contributed by atoms with van der Waals surface area (Å²) in [6, 6.07) is 3.66. The number of rotatable bonds is 4. The zero-order valence-electron chi connectivity index (χ0n) is 9.29. The SMILES string of the molecule is Cc1ccc(C(=O)NCC2(CBr)CC2)cn1. The van der Waals surface area contributed by atoms with Gasteiger partial charge in [0.2, 0.25) is 0 Å². The Hall–Kier alpha value is -0.900. The molecule has 1 aromatic heterocycles. The molecule has 0 bridgehead atoms. The zero-order valence-corrected chi connectivity index (χ0v) is 10.9. The minimum absolute atomic E-state index is 0.0280. The smallest absolute Gasteiger partial charge is 0.252 e. The first-order valence-corrected chi connectivity index (χ1v) is 6.54. The molecule has 0 saturated heterocycles. The van der Waals surface area contributed by atoms with Crippen molar-refractivity contribution in [2.24, 2.45) is 5.41 Å². The molecule has 1 aliphatic carbocycles. The predicted molar refractivity (Wildman–Crippen MR) is 66.8 cm³/mol. The maximum atomic E-state index is 11.8. The number of halogens is 1. The van der Waals surface area contributed by atoms with Crippen LogP contribution in [0.5, 0.6) is 0 Å². The third kappa shape index (κ3) is 2.61. The van der Waals surface area contributed by atoms with Crippen LogP contribution in [0.2, 0.25) is 0 Å². The van der Waals surface area contributed by atoms with E-state index in [4.69, 9.17) is 0 Å². The highest BCUT2D eigenvalue weighted by Gasteiger charge is 2.41. The molecule has 0 aliphatic heterocycles. The number of aromatic nitrogens is 1. The molecule has 0 unspecified atom stereocenters. The molecular weight excluding hydrogens is 268 g/mol. The van der Waals surface area contributed by atoms with Gasteiger partial charge in [-0.1, -0.05) is 15.9 Å². The summed E-state index contributed by atoms with van der Waals surface area (Å²) in [7, 11) is 0. The summed E-state index contributed by atoms with van der Waals surface area (Å²) in [5.74, 6) is -0.0280. The highest BCUT2D eigenvalue weighted by Crippen LogP contribution is 2.46. The summed E-state index contributed by atoms with van der Waals surface area (Å²) in [6.45, 7) is 2.66. The number of alkyl halides is 1. The van der Waals surface area contributed by atoms with E-state index in [0.29, 0.717) is 11.0 Å². The Balaban J connectivity index is 1.91. The molecule has 1 aromatic rings. The highest BCUT2D eigenvalue weighted by molar-refractivity contribution is 9.09. The fourth-order valence-corrected chi connectivity index (χ4v) is 2.27. The average Bonchev–Trinajstić information content (AvgIpc) is 3.08. The van der Waals surface area contributed by atoms with Gasteiger partial charge >= 0.3 is 0 Å². The van der Waals surface area contributed by atoms with Gasteiger partial charge in [-0.25, -0.2) is 0 Å². The van der Waals surface area contributed by atoms with Crippen LogP contribution in [0.25, 0.3) is 0 Å². The summed E-state index contributed by atoms with van der Waals surface area (Å²) < 4.78 is 0. The van der Waals surface area contributed by atoms with Gasteiger partial charge in [0.15, 0.2) is 0 Å². The van der Waals surface area contributed by atoms with Gasteiger partial charge in [0.05, 0.1) is 5.56 Å². The van der Waals surface area contributed by atoms with Crippen LogP contribution >= 0.6 is 15.9 Å². The van der Waals surface area contributed by atoms with Crippen LogP contribution in [0, 0.1) is 12.3 Å². The topological polar surface area (TPSA) is 42.0 Å². The number of carbonyl (C=O) groups is 1. The van der Waals surface area contributed by atoms with Crippen molar-refractivity contribution < 1.29 is 4.79 Å². The summed E-state index contributed by atoms with van der Waals surface area (Å²) in [5.41, 5.74) is 1.87. The summed E-state index contributed by atoms with van der Waals surface area (Å²) >= 11 is 3.49. The molecule has 1 fully saturated rings. The van der Waals surface area contributed by atoms with Crippen molar-refractivity contribution in [1.82, 2.24) is 10.3 Å². The molecular formula is C12H15BrN2O. The molecule has 0 atom stereocenters. The van der Waals surface area contributed by atoms with Crippen molar-refractivity contribution in [2.45, 2.75) is 19.8 Å². The largest absolute Gasteiger partial charge is 0.351 e. The van der Waals surface area contributed by atoms with E-state index in [0.717, 1.165) is 17.6 Å². The molecule has 1 heterocycles. The Morgan fingerprint density at radius 2 is 2.31 bits per heavy atom. The lowest BCUT2D eigenvalue weighted by Gasteiger charge is -2.12. The second-order valence-electron chi connectivity index (χ2n) is 4.50. The third-order valence-corrected chi connectivity index (χ3v) is 4.23. The van der Waals surface area contributed by atoms with Crippen molar-refractivity contribution in [2.75, 3.05) is 11.9 Å². The maximum Gasteiger partial charge on any atom is 0.252 e. The van der Waals surface area contributed by atoms with Crippen molar-refractivity contribution in [3.63, 3.8) is 0 Å². The number of hydrogen-bond acceptors (Lipinski definition) is 2. The molecule has 86 valence electrons. The standard InChI is InChI=1S/C12H15BrN2O/c1-9-2-3-10(6-14-9)11(16)15-8-12(7-13)4-5-12/h2-3,6H,4-5,7-8H2,1H3,(H,15,16). The first-order chi connectivity index (χ1) is 7.65. The zero-order chi connectivity index (χ0) is 11.6. The van der Waals surface area contributed by atoms with Gasteiger partial charge in [0, 0.05) is 23.8 Å². The fraction of sp³-hybridized carbons (Fsp3) is 0.500. The Kier molecular flexibility index (Phi) is 3.28. The molecule has 1 aliphatic rings. The van der Waals surface area contributed by atoms with Gasteiger partial charge in [0.1, 0.15) is 0 Å². The van der Waals surface area contributed by atoms with Crippen LogP contribution in [0.1, 0.15) is 28.9 Å². The van der Waals surface area contributed by atoms with E-state index in [1.54, 1.807) is 6.20 Å². The van der Waals surface area contributed by atoms with E-state index >= 15 is 0 Å². The van der Waals surface area contributed by atoms with Gasteiger partial charge in [-0.2, -0.15) is 0 Å². The molecule has 0 aromatic carbocycles. The van der Waals surface area contributed by atoms with Gasteiger partial charge in [-0.05, 0) is 37.3 Å². The number of nitrogens with one attached hydrogen (secondary N) is 1. The van der Waals surface area contributed by atoms with E-state index in [1.807, 2.05) is 19.1 Å². The molecule has 1 amide bonds. The summed E-state index contributed by atoms with van der Waals surface area (Å²) in [4.78, 5) is 15.9. The average molecular weight is 283 g/mol. The summed E-state index contributed by atoms with van der Waals surface area (Å²) in [6.07, 6.45) is 4.02. The predicted octanol–water partition coefficient (Wildman–Crippen LogP) is 2.29. The van der Waals surface area contributed by atoms with Crippen LogP contribution in [0.4, 0.5) is 0 Å². The highest BCUT2D eigenvalue weighted by atomic mass is 79.9. The number of pyridine rings is 1. The molecule has 4 heteroatoms. The third-order valence-electron chi connectivity index (χ3n) is 3.04. The summed E-state index contributed by atoms with van der Waals surface area (Å²) in [5, 5.41) is 3.93. The fourth-order valence-electron chi connectivity index (χ4n) is 1.51. The van der Waals surface area contributed by atoms with E-state index in [-0.39, 0.29) is 5.91 Å². The van der Waals surface area contributed by atoms with Gasteiger partial charge < -0.3 is 5.32 Å². The Morgan fingerprint density at radius 1 is 1.56 bits per heavy atom. The van der Waals surface area contributed by atoms with E-state index < -0.39 is 0 Å². The van der Waals surface area contributed by atoms with Crippen molar-refractivity contribution >= 4 is 21.8 Å².